The van der Waals surface area contributed by atoms with Gasteiger partial charge in [0, 0.05) is 16.3 Å². The number of H-pyrrole nitrogens is 1. The predicted octanol–water partition coefficient (Wildman–Crippen LogP) is 1.57. The topological polar surface area (TPSA) is 74.8 Å². The lowest BCUT2D eigenvalue weighted by Crippen LogP contribution is -2.23. The summed E-state index contributed by atoms with van der Waals surface area (Å²) in [4.78, 5) is 8.72. The lowest BCUT2D eigenvalue weighted by atomic mass is 10.4. The Morgan fingerprint density at radius 3 is 2.71 bits per heavy atom. The van der Waals surface area contributed by atoms with Crippen molar-refractivity contribution in [2.75, 3.05) is 0 Å². The summed E-state index contributed by atoms with van der Waals surface area (Å²) in [7, 11) is -3.49. The fraction of sp³-hybridized carbons (Fsp3) is 0.300. The molecule has 0 saturated heterocycles. The van der Waals surface area contributed by atoms with Crippen molar-refractivity contribution in [2.45, 2.75) is 25.4 Å². The van der Waals surface area contributed by atoms with Crippen LogP contribution in [0.5, 0.6) is 0 Å². The summed E-state index contributed by atoms with van der Waals surface area (Å²) in [5.74, 6) is 0.581. The van der Waals surface area contributed by atoms with E-state index in [0.29, 0.717) is 12.4 Å². The quantitative estimate of drug-likeness (QED) is 0.886. The number of thiophene rings is 1. The third kappa shape index (κ3) is 2.93. The molecule has 0 aromatic carbocycles. The summed E-state index contributed by atoms with van der Waals surface area (Å²) in [6.45, 7) is 4.00. The second-order valence-electron chi connectivity index (χ2n) is 3.67. The molecule has 0 atom stereocenters. The fourth-order valence-electron chi connectivity index (χ4n) is 1.36. The summed E-state index contributed by atoms with van der Waals surface area (Å²) in [5.41, 5.74) is 0. The number of nitrogens with one attached hydrogen (secondary N) is 2. The second-order valence-corrected chi connectivity index (χ2v) is 6.78. The molecule has 0 fully saturated rings. The van der Waals surface area contributed by atoms with E-state index in [1.807, 2.05) is 19.1 Å². The zero-order chi connectivity index (χ0) is 12.5. The Morgan fingerprint density at radius 2 is 2.18 bits per heavy atom. The van der Waals surface area contributed by atoms with E-state index < -0.39 is 10.0 Å². The van der Waals surface area contributed by atoms with Crippen LogP contribution in [-0.4, -0.2) is 18.4 Å². The monoisotopic (exact) mass is 271 g/mol. The Bertz CT molecular complexity index is 613. The average molecular weight is 271 g/mol. The maximum atomic E-state index is 11.8. The van der Waals surface area contributed by atoms with Crippen molar-refractivity contribution in [3.63, 3.8) is 0 Å². The van der Waals surface area contributed by atoms with Crippen molar-refractivity contribution in [2.24, 2.45) is 0 Å². The van der Waals surface area contributed by atoms with Crippen LogP contribution in [0.15, 0.2) is 23.4 Å². The van der Waals surface area contributed by atoms with Crippen LogP contribution in [0, 0.1) is 13.8 Å². The Kier molecular flexibility index (Phi) is 3.32. The first kappa shape index (κ1) is 12.3. The molecule has 0 amide bonds. The highest BCUT2D eigenvalue weighted by Gasteiger charge is 2.16. The molecule has 0 spiro atoms. The Morgan fingerprint density at radius 1 is 1.41 bits per heavy atom. The van der Waals surface area contributed by atoms with Gasteiger partial charge in [-0.05, 0) is 26.0 Å². The summed E-state index contributed by atoms with van der Waals surface area (Å²) in [6.07, 6.45) is 1.32. The third-order valence-electron chi connectivity index (χ3n) is 2.20. The lowest BCUT2D eigenvalue weighted by molar-refractivity contribution is 0.578. The van der Waals surface area contributed by atoms with Gasteiger partial charge in [-0.3, -0.25) is 0 Å². The van der Waals surface area contributed by atoms with Gasteiger partial charge < -0.3 is 4.98 Å². The van der Waals surface area contributed by atoms with E-state index in [1.54, 1.807) is 18.3 Å². The zero-order valence-electron chi connectivity index (χ0n) is 9.52. The molecule has 2 heterocycles. The highest BCUT2D eigenvalue weighted by Crippen LogP contribution is 2.15. The van der Waals surface area contributed by atoms with Gasteiger partial charge in [0.05, 0.1) is 6.20 Å². The highest BCUT2D eigenvalue weighted by atomic mass is 32.2. The summed E-state index contributed by atoms with van der Waals surface area (Å²) < 4.78 is 26.2. The highest BCUT2D eigenvalue weighted by molar-refractivity contribution is 7.89. The van der Waals surface area contributed by atoms with Gasteiger partial charge in [0.2, 0.25) is 0 Å². The molecule has 0 aliphatic heterocycles. The molecule has 0 bridgehead atoms. The molecule has 0 aliphatic rings. The molecule has 2 N–H and O–H groups in total. The molecular formula is C10H13N3O2S2. The molecule has 92 valence electrons. The van der Waals surface area contributed by atoms with Gasteiger partial charge in [-0.25, -0.2) is 18.1 Å². The molecule has 0 saturated carbocycles. The van der Waals surface area contributed by atoms with E-state index in [9.17, 15) is 8.42 Å². The number of aromatic amines is 1. The van der Waals surface area contributed by atoms with Crippen molar-refractivity contribution < 1.29 is 8.42 Å². The Labute approximate surface area is 104 Å². The largest absolute Gasteiger partial charge is 0.332 e. The smallest absolute Gasteiger partial charge is 0.257 e. The second kappa shape index (κ2) is 4.59. The van der Waals surface area contributed by atoms with E-state index in [2.05, 4.69) is 14.7 Å². The minimum Gasteiger partial charge on any atom is -0.332 e. The first-order valence-electron chi connectivity index (χ1n) is 5.04. The maximum absolute atomic E-state index is 11.8. The van der Waals surface area contributed by atoms with Gasteiger partial charge in [-0.15, -0.1) is 11.3 Å². The standard InChI is InChI=1S/C10H13N3O2S2/c1-7-3-4-9(16-7)5-12-17(14,15)10-6-11-8(2)13-10/h3-4,6,12H,5H2,1-2H3,(H,11,13). The fourth-order valence-corrected chi connectivity index (χ4v) is 3.25. The minimum atomic E-state index is -3.49. The number of nitrogens with zero attached hydrogens (tertiary/aromatic N) is 1. The SMILES string of the molecule is Cc1ncc(S(=O)(=O)NCc2ccc(C)s2)[nH]1. The van der Waals surface area contributed by atoms with Gasteiger partial charge in [-0.2, -0.15) is 0 Å². The molecule has 0 unspecified atom stereocenters. The van der Waals surface area contributed by atoms with E-state index in [4.69, 9.17) is 0 Å². The third-order valence-corrected chi connectivity index (χ3v) is 4.51. The molecule has 2 aromatic heterocycles. The molecule has 0 radical (unpaired) electrons. The summed E-state index contributed by atoms with van der Waals surface area (Å²) in [5, 5.41) is 0.100. The number of imidazole rings is 1. The van der Waals surface area contributed by atoms with Gasteiger partial charge >= 0.3 is 0 Å². The van der Waals surface area contributed by atoms with Crippen molar-refractivity contribution in [3.8, 4) is 0 Å². The van der Waals surface area contributed by atoms with Crippen LogP contribution in [-0.2, 0) is 16.6 Å². The number of aromatic nitrogens is 2. The van der Waals surface area contributed by atoms with Gasteiger partial charge in [-0.1, -0.05) is 0 Å². The molecule has 2 rings (SSSR count). The van der Waals surface area contributed by atoms with Crippen molar-refractivity contribution in [1.82, 2.24) is 14.7 Å². The van der Waals surface area contributed by atoms with Gasteiger partial charge in [0.1, 0.15) is 5.82 Å². The van der Waals surface area contributed by atoms with Crippen molar-refractivity contribution in [1.29, 1.82) is 0 Å². The van der Waals surface area contributed by atoms with E-state index in [0.717, 1.165) is 9.75 Å². The molecule has 5 nitrogen and oxygen atoms in total. The molecular weight excluding hydrogens is 258 g/mol. The first-order valence-corrected chi connectivity index (χ1v) is 7.34. The van der Waals surface area contributed by atoms with Crippen LogP contribution >= 0.6 is 11.3 Å². The van der Waals surface area contributed by atoms with E-state index >= 15 is 0 Å². The van der Waals surface area contributed by atoms with Crippen molar-refractivity contribution in [3.05, 3.63) is 33.9 Å². The lowest BCUT2D eigenvalue weighted by Gasteiger charge is -2.02. The van der Waals surface area contributed by atoms with E-state index in [-0.39, 0.29) is 5.03 Å². The number of rotatable bonds is 4. The Hall–Kier alpha value is -1.18. The molecule has 17 heavy (non-hydrogen) atoms. The van der Waals surface area contributed by atoms with Crippen LogP contribution < -0.4 is 4.72 Å². The maximum Gasteiger partial charge on any atom is 0.257 e. The zero-order valence-corrected chi connectivity index (χ0v) is 11.2. The average Bonchev–Trinajstić information content (AvgIpc) is 2.85. The van der Waals surface area contributed by atoms with Crippen LogP contribution in [0.4, 0.5) is 0 Å². The molecule has 2 aromatic rings. The number of hydrogen-bond acceptors (Lipinski definition) is 4. The van der Waals surface area contributed by atoms with Gasteiger partial charge in [0.15, 0.2) is 5.03 Å². The van der Waals surface area contributed by atoms with E-state index in [1.165, 1.54) is 6.20 Å². The minimum absolute atomic E-state index is 0.100. The van der Waals surface area contributed by atoms with Crippen LogP contribution in [0.3, 0.4) is 0 Å². The molecule has 7 heteroatoms. The predicted molar refractivity (Wildman–Crippen MR) is 66.4 cm³/mol. The molecule has 0 aliphatic carbocycles. The normalized spacial score (nSPS) is 11.9. The van der Waals surface area contributed by atoms with Crippen LogP contribution in [0.2, 0.25) is 0 Å². The number of sulfonamides is 1. The van der Waals surface area contributed by atoms with Crippen molar-refractivity contribution >= 4 is 21.4 Å². The Balaban J connectivity index is 2.08. The van der Waals surface area contributed by atoms with Crippen LogP contribution in [0.25, 0.3) is 0 Å². The number of aryl methyl sites for hydroxylation is 2. The summed E-state index contributed by atoms with van der Waals surface area (Å²) >= 11 is 1.58. The van der Waals surface area contributed by atoms with Gasteiger partial charge in [0.25, 0.3) is 10.0 Å². The number of hydrogen-bond donors (Lipinski definition) is 2. The van der Waals surface area contributed by atoms with Crippen LogP contribution in [0.1, 0.15) is 15.6 Å². The first-order chi connectivity index (χ1) is 7.97. The summed E-state index contributed by atoms with van der Waals surface area (Å²) in [6, 6.07) is 3.88.